The van der Waals surface area contributed by atoms with Crippen LogP contribution in [0.3, 0.4) is 0 Å². The maximum Gasteiger partial charge on any atom is 0.0457 e. The number of H-pyrrole nitrogens is 1. The van der Waals surface area contributed by atoms with Crippen molar-refractivity contribution in [2.75, 3.05) is 0 Å². The Morgan fingerprint density at radius 3 is 2.64 bits per heavy atom. The predicted molar refractivity (Wildman–Crippen MR) is 98.4 cm³/mol. The highest BCUT2D eigenvalue weighted by Crippen LogP contribution is 2.34. The molecule has 1 N–H and O–H groups in total. The van der Waals surface area contributed by atoms with Crippen LogP contribution in [0.1, 0.15) is 54.5 Å². The molecule has 1 nitrogen and oxygen atoms in total. The summed E-state index contributed by atoms with van der Waals surface area (Å²) >= 11 is 8.04. The number of aromatic amines is 1. The molecule has 0 spiro atoms. The number of nitrogens with one attached hydrogen (secondary N) is 1. The summed E-state index contributed by atoms with van der Waals surface area (Å²) in [6.07, 6.45) is 4.56. The van der Waals surface area contributed by atoms with Crippen molar-refractivity contribution < 1.29 is 0 Å². The van der Waals surface area contributed by atoms with Crippen molar-refractivity contribution >= 4 is 33.8 Å². The number of hydrogen-bond acceptors (Lipinski definition) is 1. The van der Waals surface area contributed by atoms with E-state index in [0.717, 1.165) is 5.02 Å². The minimum Gasteiger partial charge on any atom is -0.361 e. The van der Waals surface area contributed by atoms with E-state index in [4.69, 9.17) is 11.6 Å². The van der Waals surface area contributed by atoms with Crippen LogP contribution >= 0.6 is 22.9 Å². The van der Waals surface area contributed by atoms with E-state index in [1.54, 1.807) is 0 Å². The third kappa shape index (κ3) is 3.09. The maximum atomic E-state index is 6.15. The van der Waals surface area contributed by atoms with Gasteiger partial charge < -0.3 is 4.98 Å². The van der Waals surface area contributed by atoms with Gasteiger partial charge in [0.05, 0.1) is 0 Å². The van der Waals surface area contributed by atoms with Gasteiger partial charge in [-0.25, -0.2) is 0 Å². The Hall–Kier alpha value is -1.25. The molecule has 0 saturated heterocycles. The molecule has 3 rings (SSSR count). The van der Waals surface area contributed by atoms with E-state index in [9.17, 15) is 0 Å². The summed E-state index contributed by atoms with van der Waals surface area (Å²) in [6, 6.07) is 8.30. The Morgan fingerprint density at radius 2 is 1.91 bits per heavy atom. The summed E-state index contributed by atoms with van der Waals surface area (Å²) < 4.78 is 0. The number of halogens is 1. The van der Waals surface area contributed by atoms with Crippen LogP contribution in [0.25, 0.3) is 10.9 Å². The summed E-state index contributed by atoms with van der Waals surface area (Å²) in [5.74, 6) is 1.17. The van der Waals surface area contributed by atoms with Crippen LogP contribution in [0, 0.1) is 6.92 Å². The SMILES string of the molecule is Cc1ccsc1C(C)CCC(C)c1c[nH]c2ccc(Cl)cc12. The minimum absolute atomic E-state index is 0.537. The second kappa shape index (κ2) is 6.47. The Kier molecular flexibility index (Phi) is 4.60. The normalized spacial score (nSPS) is 14.4. The van der Waals surface area contributed by atoms with Crippen molar-refractivity contribution in [3.8, 4) is 0 Å². The average Bonchev–Trinajstić information content (AvgIpc) is 3.10. The fourth-order valence-electron chi connectivity index (χ4n) is 3.20. The molecule has 0 radical (unpaired) electrons. The Morgan fingerprint density at radius 1 is 1.14 bits per heavy atom. The first-order valence-corrected chi connectivity index (χ1v) is 9.12. The van der Waals surface area contributed by atoms with E-state index in [1.165, 1.54) is 39.7 Å². The first-order valence-electron chi connectivity index (χ1n) is 7.86. The van der Waals surface area contributed by atoms with Crippen molar-refractivity contribution in [3.63, 3.8) is 0 Å². The largest absolute Gasteiger partial charge is 0.361 e. The second-order valence-electron chi connectivity index (χ2n) is 6.28. The van der Waals surface area contributed by atoms with Gasteiger partial charge in [-0.1, -0.05) is 25.4 Å². The van der Waals surface area contributed by atoms with Gasteiger partial charge in [-0.3, -0.25) is 0 Å². The molecule has 2 unspecified atom stereocenters. The molecular weight excluding hydrogens is 310 g/mol. The van der Waals surface area contributed by atoms with Gasteiger partial charge >= 0.3 is 0 Å². The second-order valence-corrected chi connectivity index (χ2v) is 7.67. The van der Waals surface area contributed by atoms with Crippen molar-refractivity contribution in [2.45, 2.75) is 45.4 Å². The monoisotopic (exact) mass is 331 g/mol. The van der Waals surface area contributed by atoms with E-state index in [1.807, 2.05) is 17.4 Å². The molecule has 2 atom stereocenters. The van der Waals surface area contributed by atoms with E-state index >= 15 is 0 Å². The highest BCUT2D eigenvalue weighted by atomic mass is 35.5. The number of benzene rings is 1. The minimum atomic E-state index is 0.537. The van der Waals surface area contributed by atoms with Gasteiger partial charge in [0.1, 0.15) is 0 Å². The lowest BCUT2D eigenvalue weighted by Gasteiger charge is -2.15. The van der Waals surface area contributed by atoms with Crippen molar-refractivity contribution in [3.05, 3.63) is 56.9 Å². The van der Waals surface area contributed by atoms with Gasteiger partial charge in [0.2, 0.25) is 0 Å². The molecule has 0 saturated carbocycles. The van der Waals surface area contributed by atoms with Gasteiger partial charge in [0.25, 0.3) is 0 Å². The van der Waals surface area contributed by atoms with Gasteiger partial charge in [0.15, 0.2) is 0 Å². The number of aromatic nitrogens is 1. The Labute approximate surface area is 141 Å². The molecule has 0 aliphatic rings. The van der Waals surface area contributed by atoms with E-state index in [2.05, 4.69) is 55.5 Å². The lowest BCUT2D eigenvalue weighted by Crippen LogP contribution is -1.98. The summed E-state index contributed by atoms with van der Waals surface area (Å²) in [6.45, 7) is 6.88. The van der Waals surface area contributed by atoms with Crippen molar-refractivity contribution in [1.82, 2.24) is 4.98 Å². The van der Waals surface area contributed by atoms with E-state index in [0.29, 0.717) is 11.8 Å². The van der Waals surface area contributed by atoms with Gasteiger partial charge in [-0.2, -0.15) is 0 Å². The molecule has 22 heavy (non-hydrogen) atoms. The molecule has 0 amide bonds. The molecule has 116 valence electrons. The van der Waals surface area contributed by atoms with Crippen LogP contribution in [0.2, 0.25) is 5.02 Å². The summed E-state index contributed by atoms with van der Waals surface area (Å²) in [7, 11) is 0. The predicted octanol–water partition coefficient (Wildman–Crippen LogP) is 6.88. The number of fused-ring (bicyclic) bond motifs is 1. The lowest BCUT2D eigenvalue weighted by atomic mass is 9.91. The molecule has 3 aromatic rings. The van der Waals surface area contributed by atoms with Crippen LogP contribution in [0.4, 0.5) is 0 Å². The first-order chi connectivity index (χ1) is 10.6. The van der Waals surface area contributed by atoms with Crippen LogP contribution in [0.5, 0.6) is 0 Å². The molecule has 0 bridgehead atoms. The molecule has 2 heterocycles. The average molecular weight is 332 g/mol. The van der Waals surface area contributed by atoms with Crippen LogP contribution in [-0.2, 0) is 0 Å². The highest BCUT2D eigenvalue weighted by molar-refractivity contribution is 7.10. The zero-order valence-corrected chi connectivity index (χ0v) is 14.9. The third-order valence-corrected chi connectivity index (χ3v) is 6.07. The Balaban J connectivity index is 1.72. The summed E-state index contributed by atoms with van der Waals surface area (Å²) in [4.78, 5) is 4.90. The summed E-state index contributed by atoms with van der Waals surface area (Å²) in [5.41, 5.74) is 3.99. The smallest absolute Gasteiger partial charge is 0.0457 e. The van der Waals surface area contributed by atoms with Crippen molar-refractivity contribution in [1.29, 1.82) is 0 Å². The van der Waals surface area contributed by atoms with E-state index in [-0.39, 0.29) is 0 Å². The van der Waals surface area contributed by atoms with Gasteiger partial charge in [0, 0.05) is 27.0 Å². The first kappa shape index (κ1) is 15.6. The van der Waals surface area contributed by atoms with E-state index < -0.39 is 0 Å². The standard InChI is InChI=1S/C19H22ClNS/c1-12(4-5-13(2)19-14(3)8-9-22-19)17-11-21-18-7-6-15(20)10-16(17)18/h6-13,21H,4-5H2,1-3H3. The zero-order valence-electron chi connectivity index (χ0n) is 13.3. The number of thiophene rings is 1. The van der Waals surface area contributed by atoms with Crippen LogP contribution in [-0.4, -0.2) is 4.98 Å². The molecular formula is C19H22ClNS. The molecule has 0 fully saturated rings. The summed E-state index contributed by atoms with van der Waals surface area (Å²) in [5, 5.41) is 4.27. The fourth-order valence-corrected chi connectivity index (χ4v) is 4.39. The number of hydrogen-bond donors (Lipinski definition) is 1. The quantitative estimate of drug-likeness (QED) is 0.524. The topological polar surface area (TPSA) is 15.8 Å². The van der Waals surface area contributed by atoms with Crippen molar-refractivity contribution in [2.24, 2.45) is 0 Å². The third-order valence-electron chi connectivity index (χ3n) is 4.59. The molecule has 0 aliphatic heterocycles. The maximum absolute atomic E-state index is 6.15. The number of aryl methyl sites for hydroxylation is 1. The molecule has 3 heteroatoms. The van der Waals surface area contributed by atoms with Gasteiger partial charge in [-0.05, 0) is 72.4 Å². The highest BCUT2D eigenvalue weighted by Gasteiger charge is 2.15. The zero-order chi connectivity index (χ0) is 15.7. The lowest BCUT2D eigenvalue weighted by molar-refractivity contribution is 0.579. The molecule has 1 aromatic carbocycles. The van der Waals surface area contributed by atoms with Gasteiger partial charge in [-0.15, -0.1) is 11.3 Å². The molecule has 2 aromatic heterocycles. The molecule has 0 aliphatic carbocycles. The van der Waals surface area contributed by atoms with Crippen LogP contribution in [0.15, 0.2) is 35.8 Å². The fraction of sp³-hybridized carbons (Fsp3) is 0.368. The number of rotatable bonds is 5. The Bertz CT molecular complexity index is 771. The van der Waals surface area contributed by atoms with Crippen LogP contribution < -0.4 is 0 Å².